The number of methoxy groups -OCH3 is 1. The van der Waals surface area contributed by atoms with Crippen molar-refractivity contribution < 1.29 is 9.53 Å². The Hall–Kier alpha value is -2.61. The molecule has 0 radical (unpaired) electrons. The summed E-state index contributed by atoms with van der Waals surface area (Å²) in [6.07, 6.45) is 3.30. The van der Waals surface area contributed by atoms with E-state index in [4.69, 9.17) is 4.74 Å². The lowest BCUT2D eigenvalue weighted by Crippen LogP contribution is -2.31. The molecule has 8 heteroatoms. The molecule has 0 amide bonds. The zero-order valence-corrected chi connectivity index (χ0v) is 16.5. The molecule has 3 heterocycles. The fraction of sp³-hybridized carbons (Fsp3) is 0.368. The molecule has 1 aliphatic heterocycles. The number of pyridine rings is 1. The number of esters is 1. The molecular weight excluding hydrogens is 364 g/mol. The lowest BCUT2D eigenvalue weighted by molar-refractivity contribution is -0.136. The van der Waals surface area contributed by atoms with Gasteiger partial charge in [0.15, 0.2) is 5.16 Å². The molecule has 0 aliphatic carbocycles. The minimum atomic E-state index is -0.595. The predicted octanol–water partition coefficient (Wildman–Crippen LogP) is 2.92. The third-order valence-corrected chi connectivity index (χ3v) is 5.50. The van der Waals surface area contributed by atoms with E-state index in [0.717, 1.165) is 11.3 Å². The van der Waals surface area contributed by atoms with Crippen LogP contribution in [0.2, 0.25) is 0 Å². The predicted molar refractivity (Wildman–Crippen MR) is 105 cm³/mol. The van der Waals surface area contributed by atoms with Crippen LogP contribution >= 0.6 is 11.8 Å². The van der Waals surface area contributed by atoms with Gasteiger partial charge in [0.1, 0.15) is 5.82 Å². The van der Waals surface area contributed by atoms with Crippen molar-refractivity contribution in [2.75, 3.05) is 18.2 Å². The summed E-state index contributed by atoms with van der Waals surface area (Å²) in [6.45, 7) is 5.99. The van der Waals surface area contributed by atoms with Crippen LogP contribution in [-0.4, -0.2) is 33.8 Å². The number of carbonyl (C=O) groups is 1. The van der Waals surface area contributed by atoms with Gasteiger partial charge in [0.25, 0.3) is 5.56 Å². The van der Waals surface area contributed by atoms with Gasteiger partial charge >= 0.3 is 5.97 Å². The molecule has 0 spiro atoms. The standard InChI is InChI=1S/C19H22N4O3S/c1-10(2)9-27-19-22-16-15(17(24)23-19)14(12-6-5-7-20-8-12)13(11(3)21-16)18(25)26-4/h5-8,10,14H,9H2,1-4H3,(H2,21,22,23,24). The lowest BCUT2D eigenvalue weighted by Gasteiger charge is -2.28. The molecule has 27 heavy (non-hydrogen) atoms. The number of carbonyl (C=O) groups excluding carboxylic acids is 1. The molecule has 0 saturated heterocycles. The van der Waals surface area contributed by atoms with Gasteiger partial charge in [0, 0.05) is 23.8 Å². The van der Waals surface area contributed by atoms with Crippen molar-refractivity contribution in [3.63, 3.8) is 0 Å². The first-order chi connectivity index (χ1) is 12.9. The van der Waals surface area contributed by atoms with Crippen LogP contribution in [0.4, 0.5) is 5.82 Å². The zero-order chi connectivity index (χ0) is 19.6. The number of ether oxygens (including phenoxy) is 1. The summed E-state index contributed by atoms with van der Waals surface area (Å²) in [5, 5.41) is 3.66. The first-order valence-corrected chi connectivity index (χ1v) is 9.64. The molecule has 0 aromatic carbocycles. The maximum Gasteiger partial charge on any atom is 0.336 e. The second-order valence-electron chi connectivity index (χ2n) is 6.71. The number of nitrogens with zero attached hydrogens (tertiary/aromatic N) is 2. The number of thioether (sulfide) groups is 1. The highest BCUT2D eigenvalue weighted by molar-refractivity contribution is 7.99. The molecule has 0 saturated carbocycles. The maximum absolute atomic E-state index is 12.9. The van der Waals surface area contributed by atoms with Crippen LogP contribution in [0.1, 0.15) is 37.8 Å². The number of anilines is 1. The second-order valence-corrected chi connectivity index (χ2v) is 7.72. The Morgan fingerprint density at radius 1 is 1.41 bits per heavy atom. The smallest absolute Gasteiger partial charge is 0.336 e. The molecular formula is C19H22N4O3S. The number of allylic oxidation sites excluding steroid dienone is 1. The second kappa shape index (κ2) is 7.96. The number of hydrogen-bond acceptors (Lipinski definition) is 7. The Balaban J connectivity index is 2.15. The van der Waals surface area contributed by atoms with Crippen LogP contribution in [0.15, 0.2) is 45.7 Å². The number of fused-ring (bicyclic) bond motifs is 1. The van der Waals surface area contributed by atoms with E-state index >= 15 is 0 Å². The van der Waals surface area contributed by atoms with Gasteiger partial charge in [-0.15, -0.1) is 0 Å². The van der Waals surface area contributed by atoms with Gasteiger partial charge in [0.05, 0.1) is 24.2 Å². The molecule has 142 valence electrons. The van der Waals surface area contributed by atoms with Crippen LogP contribution in [0.3, 0.4) is 0 Å². The van der Waals surface area contributed by atoms with Crippen molar-refractivity contribution in [2.45, 2.75) is 31.8 Å². The van der Waals surface area contributed by atoms with E-state index < -0.39 is 11.9 Å². The van der Waals surface area contributed by atoms with Gasteiger partial charge < -0.3 is 15.0 Å². The topological polar surface area (TPSA) is 97.0 Å². The van der Waals surface area contributed by atoms with E-state index in [1.54, 1.807) is 25.4 Å². The summed E-state index contributed by atoms with van der Waals surface area (Å²) in [4.78, 5) is 36.9. The van der Waals surface area contributed by atoms with E-state index in [-0.39, 0.29) is 5.56 Å². The van der Waals surface area contributed by atoms with Crippen molar-refractivity contribution in [3.05, 3.63) is 57.3 Å². The summed E-state index contributed by atoms with van der Waals surface area (Å²) in [5.74, 6) is 0.694. The van der Waals surface area contributed by atoms with Crippen molar-refractivity contribution in [3.8, 4) is 0 Å². The Kier molecular flexibility index (Phi) is 5.65. The normalized spacial score (nSPS) is 16.1. The van der Waals surface area contributed by atoms with Crippen LogP contribution < -0.4 is 10.9 Å². The first kappa shape index (κ1) is 19.2. The molecule has 2 aromatic heterocycles. The summed E-state index contributed by atoms with van der Waals surface area (Å²) < 4.78 is 4.96. The molecule has 7 nitrogen and oxygen atoms in total. The number of rotatable bonds is 5. The average Bonchev–Trinajstić information content (AvgIpc) is 2.65. The molecule has 1 unspecified atom stereocenters. The van der Waals surface area contributed by atoms with Crippen LogP contribution in [0.25, 0.3) is 0 Å². The largest absolute Gasteiger partial charge is 0.466 e. The van der Waals surface area contributed by atoms with Gasteiger partial charge in [-0.2, -0.15) is 0 Å². The van der Waals surface area contributed by atoms with Crippen LogP contribution in [0.5, 0.6) is 0 Å². The van der Waals surface area contributed by atoms with Crippen molar-refractivity contribution in [1.82, 2.24) is 15.0 Å². The number of aromatic amines is 1. The minimum Gasteiger partial charge on any atom is -0.466 e. The van der Waals surface area contributed by atoms with E-state index in [1.165, 1.54) is 18.9 Å². The molecule has 3 rings (SSSR count). The molecule has 0 fully saturated rings. The molecule has 1 atom stereocenters. The molecule has 2 N–H and O–H groups in total. The summed E-state index contributed by atoms with van der Waals surface area (Å²) >= 11 is 1.50. The highest BCUT2D eigenvalue weighted by Crippen LogP contribution is 2.39. The van der Waals surface area contributed by atoms with Crippen molar-refractivity contribution in [2.24, 2.45) is 5.92 Å². The Bertz CT molecular complexity index is 938. The number of nitrogens with one attached hydrogen (secondary N) is 2. The Morgan fingerprint density at radius 3 is 2.81 bits per heavy atom. The fourth-order valence-corrected chi connectivity index (χ4v) is 3.82. The van der Waals surface area contributed by atoms with Crippen molar-refractivity contribution in [1.29, 1.82) is 0 Å². The highest BCUT2D eigenvalue weighted by atomic mass is 32.2. The monoisotopic (exact) mass is 386 g/mol. The van der Waals surface area contributed by atoms with Gasteiger partial charge in [-0.05, 0) is 24.5 Å². The van der Waals surface area contributed by atoms with Gasteiger partial charge in [-0.25, -0.2) is 9.78 Å². The third-order valence-electron chi connectivity index (χ3n) is 4.20. The van der Waals surface area contributed by atoms with Crippen LogP contribution in [-0.2, 0) is 9.53 Å². The van der Waals surface area contributed by atoms with Crippen molar-refractivity contribution >= 4 is 23.5 Å². The Labute approximate surface area is 161 Å². The number of hydrogen-bond donors (Lipinski definition) is 2. The number of aromatic nitrogens is 3. The first-order valence-electron chi connectivity index (χ1n) is 8.65. The van der Waals surface area contributed by atoms with E-state index in [2.05, 4.69) is 34.1 Å². The lowest BCUT2D eigenvalue weighted by atomic mass is 9.83. The third kappa shape index (κ3) is 3.90. The molecule has 2 aromatic rings. The zero-order valence-electron chi connectivity index (χ0n) is 15.7. The summed E-state index contributed by atoms with van der Waals surface area (Å²) in [7, 11) is 1.33. The van der Waals surface area contributed by atoms with Gasteiger partial charge in [-0.3, -0.25) is 9.78 Å². The van der Waals surface area contributed by atoms with E-state index in [0.29, 0.717) is 33.7 Å². The minimum absolute atomic E-state index is 0.276. The van der Waals surface area contributed by atoms with Gasteiger partial charge in [-0.1, -0.05) is 31.7 Å². The molecule has 0 bridgehead atoms. The highest BCUT2D eigenvalue weighted by Gasteiger charge is 2.36. The average molecular weight is 386 g/mol. The SMILES string of the molecule is COC(=O)C1=C(C)Nc2nc(SCC(C)C)[nH]c(=O)c2C1c1cccnc1. The van der Waals surface area contributed by atoms with E-state index in [1.807, 2.05) is 6.07 Å². The fourth-order valence-electron chi connectivity index (χ4n) is 3.01. The quantitative estimate of drug-likeness (QED) is 0.463. The number of H-pyrrole nitrogens is 1. The van der Waals surface area contributed by atoms with Gasteiger partial charge in [0.2, 0.25) is 0 Å². The maximum atomic E-state index is 12.9. The molecule has 1 aliphatic rings. The van der Waals surface area contributed by atoms with E-state index in [9.17, 15) is 9.59 Å². The summed E-state index contributed by atoms with van der Waals surface area (Å²) in [5.41, 5.74) is 1.84. The van der Waals surface area contributed by atoms with Crippen LogP contribution in [0, 0.1) is 5.92 Å². The Morgan fingerprint density at radius 2 is 2.19 bits per heavy atom. The summed E-state index contributed by atoms with van der Waals surface area (Å²) in [6, 6.07) is 3.61.